The van der Waals surface area contributed by atoms with Gasteiger partial charge in [0.15, 0.2) is 0 Å². The first-order valence-electron chi connectivity index (χ1n) is 11.2. The van der Waals surface area contributed by atoms with Crippen LogP contribution in [0.25, 0.3) is 0 Å². The number of hydrogen-bond acceptors (Lipinski definition) is 7. The minimum absolute atomic E-state index is 0.0299. The van der Waals surface area contributed by atoms with E-state index in [0.717, 1.165) is 31.6 Å². The minimum atomic E-state index is -3.65. The van der Waals surface area contributed by atoms with Crippen molar-refractivity contribution in [3.63, 3.8) is 0 Å². The molecule has 2 aliphatic rings. The molecule has 15 heteroatoms. The second-order valence-corrected chi connectivity index (χ2v) is 9.87. The smallest absolute Gasteiger partial charge is 0.306 e. The maximum Gasteiger partial charge on any atom is 0.306 e. The fourth-order valence-electron chi connectivity index (χ4n) is 3.78. The summed E-state index contributed by atoms with van der Waals surface area (Å²) in [6.07, 6.45) is -2.17. The number of rotatable bonds is 6. The lowest BCUT2D eigenvalue weighted by molar-refractivity contribution is -0.133. The van der Waals surface area contributed by atoms with E-state index in [9.17, 15) is 35.2 Å². The van der Waals surface area contributed by atoms with E-state index >= 15 is 0 Å². The minimum Gasteiger partial charge on any atom is -0.382 e. The van der Waals surface area contributed by atoms with E-state index in [-0.39, 0.29) is 37.2 Å². The van der Waals surface area contributed by atoms with Crippen LogP contribution in [-0.2, 0) is 44.1 Å². The molecule has 0 aliphatic carbocycles. The number of carbonyl (C=O) groups is 1. The Labute approximate surface area is 210 Å². The molecule has 0 radical (unpaired) electrons. The maximum absolute atomic E-state index is 13.5. The van der Waals surface area contributed by atoms with E-state index in [4.69, 9.17) is 13.7 Å². The summed E-state index contributed by atoms with van der Waals surface area (Å²) in [6, 6.07) is 3.07. The summed E-state index contributed by atoms with van der Waals surface area (Å²) in [7, 11) is -3.65. The summed E-state index contributed by atoms with van der Waals surface area (Å²) in [5, 5.41) is 3.40. The third-order valence-electron chi connectivity index (χ3n) is 5.50. The Hall–Kier alpha value is -2.78. The van der Waals surface area contributed by atoms with Gasteiger partial charge in [0.2, 0.25) is 5.91 Å². The lowest BCUT2D eigenvalue weighted by Gasteiger charge is -2.26. The van der Waals surface area contributed by atoms with E-state index in [1.165, 1.54) is 6.07 Å². The normalized spacial score (nSPS) is 16.2. The van der Waals surface area contributed by atoms with E-state index in [1.54, 1.807) is 4.90 Å². The quantitative estimate of drug-likeness (QED) is 0.393. The van der Waals surface area contributed by atoms with Crippen molar-refractivity contribution in [3.8, 4) is 5.75 Å². The molecular formula is C22H26F5N3O6S. The molecule has 3 heterocycles. The van der Waals surface area contributed by atoms with Gasteiger partial charge in [-0.05, 0) is 37.5 Å². The van der Waals surface area contributed by atoms with Crippen LogP contribution in [0.2, 0.25) is 0 Å². The van der Waals surface area contributed by atoms with Crippen LogP contribution in [0.4, 0.5) is 22.0 Å². The van der Waals surface area contributed by atoms with Gasteiger partial charge in [0.1, 0.15) is 36.3 Å². The lowest BCUT2D eigenvalue weighted by Crippen LogP contribution is -2.38. The van der Waals surface area contributed by atoms with E-state index in [2.05, 4.69) is 5.10 Å². The van der Waals surface area contributed by atoms with Gasteiger partial charge in [0.05, 0.1) is 19.5 Å². The number of fused-ring (bicyclic) bond motifs is 1. The summed E-state index contributed by atoms with van der Waals surface area (Å²) in [6.45, 7) is 0.844. The van der Waals surface area contributed by atoms with Crippen LogP contribution < -0.4 is 4.18 Å². The highest BCUT2D eigenvalue weighted by atomic mass is 32.2. The monoisotopic (exact) mass is 555 g/mol. The fourth-order valence-corrected chi connectivity index (χ4v) is 4.26. The number of ether oxygens (including phenoxy) is 2. The van der Waals surface area contributed by atoms with Crippen molar-refractivity contribution in [1.29, 1.82) is 0 Å². The SMILES string of the molecule is CS(=O)(=O)Oc1ccc(F)c2c1COCOC2.O=C(Cn1nc(C(F)F)cc1C(F)F)N1CCCCC1. The van der Waals surface area contributed by atoms with Crippen molar-refractivity contribution >= 4 is 16.0 Å². The molecule has 2 aromatic rings. The Kier molecular flexibility index (Phi) is 9.84. The zero-order valence-electron chi connectivity index (χ0n) is 19.8. The number of alkyl halides is 4. The Morgan fingerprint density at radius 3 is 2.30 bits per heavy atom. The first-order chi connectivity index (χ1) is 17.5. The molecule has 0 atom stereocenters. The standard InChI is InChI=1S/C12H15F4N3O.C10H11FO5S/c13-11(14)8-6-9(12(15)16)19(17-8)7-10(20)18-4-2-1-3-5-18;1-17(12,13)16-10-3-2-9(11)7-4-14-6-15-5-8(7)10/h6,11-12H,1-5,7H2;2-3H,4-6H2,1H3. The van der Waals surface area contributed by atoms with Crippen LogP contribution in [-0.4, -0.2) is 55.1 Å². The molecule has 0 N–H and O–H groups in total. The summed E-state index contributed by atoms with van der Waals surface area (Å²) >= 11 is 0. The van der Waals surface area contributed by atoms with Gasteiger partial charge in [0.25, 0.3) is 12.9 Å². The van der Waals surface area contributed by atoms with Crippen molar-refractivity contribution in [2.24, 2.45) is 0 Å². The largest absolute Gasteiger partial charge is 0.382 e. The number of carbonyl (C=O) groups excluding carboxylic acids is 1. The molecule has 9 nitrogen and oxygen atoms in total. The number of halogens is 5. The van der Waals surface area contributed by atoms with Crippen LogP contribution in [0, 0.1) is 5.82 Å². The number of nitrogens with zero attached hydrogens (tertiary/aromatic N) is 3. The zero-order chi connectivity index (χ0) is 27.2. The highest BCUT2D eigenvalue weighted by Crippen LogP contribution is 2.29. The molecule has 0 bridgehead atoms. The van der Waals surface area contributed by atoms with Gasteiger partial charge >= 0.3 is 10.1 Å². The molecule has 1 aromatic heterocycles. The highest BCUT2D eigenvalue weighted by Gasteiger charge is 2.24. The van der Waals surface area contributed by atoms with Gasteiger partial charge < -0.3 is 18.6 Å². The second kappa shape index (κ2) is 12.6. The number of likely N-dealkylation sites (tertiary alicyclic amines) is 1. The average Bonchev–Trinajstić information content (AvgIpc) is 3.10. The molecule has 0 unspecified atom stereocenters. The van der Waals surface area contributed by atoms with Crippen molar-refractivity contribution in [2.75, 3.05) is 26.1 Å². The van der Waals surface area contributed by atoms with Gasteiger partial charge in [-0.1, -0.05) is 0 Å². The molecular weight excluding hydrogens is 529 g/mol. The fraction of sp³-hybridized carbons (Fsp3) is 0.545. The van der Waals surface area contributed by atoms with Crippen molar-refractivity contribution in [3.05, 3.63) is 46.5 Å². The van der Waals surface area contributed by atoms with E-state index in [1.807, 2.05) is 0 Å². The van der Waals surface area contributed by atoms with Crippen molar-refractivity contribution in [1.82, 2.24) is 14.7 Å². The number of piperidine rings is 1. The molecule has 0 saturated carbocycles. The van der Waals surface area contributed by atoms with Crippen LogP contribution in [0.3, 0.4) is 0 Å². The molecule has 0 spiro atoms. The highest BCUT2D eigenvalue weighted by molar-refractivity contribution is 7.86. The lowest BCUT2D eigenvalue weighted by atomic mass is 10.1. The molecule has 2 aliphatic heterocycles. The number of benzene rings is 1. The molecule has 206 valence electrons. The van der Waals surface area contributed by atoms with Gasteiger partial charge in [-0.2, -0.15) is 13.5 Å². The molecule has 1 aromatic carbocycles. The average molecular weight is 556 g/mol. The number of aromatic nitrogens is 2. The molecule has 1 amide bonds. The van der Waals surface area contributed by atoms with Gasteiger partial charge in [-0.3, -0.25) is 9.48 Å². The third-order valence-corrected chi connectivity index (χ3v) is 5.98. The number of hydrogen-bond donors (Lipinski definition) is 0. The Morgan fingerprint density at radius 1 is 1.05 bits per heavy atom. The first-order valence-corrected chi connectivity index (χ1v) is 13.0. The van der Waals surface area contributed by atoms with Crippen LogP contribution >= 0.6 is 0 Å². The van der Waals surface area contributed by atoms with Gasteiger partial charge in [-0.15, -0.1) is 0 Å². The summed E-state index contributed by atoms with van der Waals surface area (Å²) in [5.41, 5.74) is -0.742. The van der Waals surface area contributed by atoms with E-state index < -0.39 is 46.7 Å². The van der Waals surface area contributed by atoms with E-state index in [0.29, 0.717) is 29.4 Å². The topological polar surface area (TPSA) is 100.0 Å². The molecule has 37 heavy (non-hydrogen) atoms. The zero-order valence-corrected chi connectivity index (χ0v) is 20.7. The van der Waals surface area contributed by atoms with Crippen LogP contribution in [0.15, 0.2) is 18.2 Å². The van der Waals surface area contributed by atoms with Crippen molar-refractivity contribution < 1.29 is 48.8 Å². The Bertz CT molecular complexity index is 1190. The Morgan fingerprint density at radius 2 is 1.70 bits per heavy atom. The van der Waals surface area contributed by atoms with Crippen LogP contribution in [0.1, 0.15) is 54.6 Å². The molecule has 4 rings (SSSR count). The van der Waals surface area contributed by atoms with Gasteiger partial charge in [-0.25, -0.2) is 22.0 Å². The number of amides is 1. The third kappa shape index (κ3) is 8.10. The summed E-state index contributed by atoms with van der Waals surface area (Å²) < 4.78 is 102. The maximum atomic E-state index is 13.5. The van der Waals surface area contributed by atoms with Crippen molar-refractivity contribution in [2.45, 2.75) is 51.9 Å². The second-order valence-electron chi connectivity index (χ2n) is 8.30. The van der Waals surface area contributed by atoms with Gasteiger partial charge in [0, 0.05) is 24.2 Å². The Balaban J connectivity index is 0.000000208. The molecule has 1 fully saturated rings. The first kappa shape index (κ1) is 28.8. The predicted octanol–water partition coefficient (Wildman–Crippen LogP) is 3.94. The predicted molar refractivity (Wildman–Crippen MR) is 119 cm³/mol. The summed E-state index contributed by atoms with van der Waals surface area (Å²) in [5.74, 6) is -0.753. The van der Waals surface area contributed by atoms with Crippen LogP contribution in [0.5, 0.6) is 5.75 Å². The summed E-state index contributed by atoms with van der Waals surface area (Å²) in [4.78, 5) is 13.5. The molecule has 1 saturated heterocycles.